The summed E-state index contributed by atoms with van der Waals surface area (Å²) in [6.07, 6.45) is 2.20. The first kappa shape index (κ1) is 15.9. The van der Waals surface area contributed by atoms with E-state index in [0.717, 1.165) is 29.1 Å². The van der Waals surface area contributed by atoms with E-state index in [2.05, 4.69) is 29.4 Å². The van der Waals surface area contributed by atoms with Gasteiger partial charge in [0.2, 0.25) is 0 Å². The van der Waals surface area contributed by atoms with Crippen LogP contribution in [-0.4, -0.2) is 29.3 Å². The fourth-order valence-electron chi connectivity index (χ4n) is 2.30. The molecule has 1 aromatic carbocycles. The van der Waals surface area contributed by atoms with E-state index in [0.29, 0.717) is 13.1 Å². The predicted molar refractivity (Wildman–Crippen MR) is 88.0 cm³/mol. The third kappa shape index (κ3) is 4.76. The smallest absolute Gasteiger partial charge is 0.176 e. The molecule has 112 valence electrons. The monoisotopic (exact) mass is 302 g/mol. The summed E-state index contributed by atoms with van der Waals surface area (Å²) in [6, 6.07) is 7.99. The van der Waals surface area contributed by atoms with Gasteiger partial charge in [0.05, 0.1) is 17.2 Å². The molecule has 2 aromatic rings. The van der Waals surface area contributed by atoms with Crippen LogP contribution >= 0.6 is 11.3 Å². The summed E-state index contributed by atoms with van der Waals surface area (Å²) in [4.78, 5) is 18.7. The highest BCUT2D eigenvalue weighted by Crippen LogP contribution is 2.11. The molecule has 1 aromatic heterocycles. The molecule has 0 saturated heterocycles. The number of likely N-dealkylation sites (N-methyl/N-ethyl adjacent to an activating group) is 1. The lowest BCUT2D eigenvalue weighted by Gasteiger charge is -2.14. The minimum absolute atomic E-state index is 0.160. The Labute approximate surface area is 130 Å². The molecule has 0 saturated carbocycles. The molecule has 0 unspecified atom stereocenters. The topological polar surface area (TPSA) is 33.2 Å². The summed E-state index contributed by atoms with van der Waals surface area (Å²) in [5.74, 6) is 0.160. The zero-order valence-electron chi connectivity index (χ0n) is 12.9. The maximum Gasteiger partial charge on any atom is 0.176 e. The third-order valence-corrected chi connectivity index (χ3v) is 4.15. The van der Waals surface area contributed by atoms with Crippen molar-refractivity contribution < 1.29 is 4.79 Å². The Hall–Kier alpha value is -1.52. The number of ketones is 1. The van der Waals surface area contributed by atoms with E-state index >= 15 is 0 Å². The molecule has 0 amide bonds. The molecule has 21 heavy (non-hydrogen) atoms. The number of Topliss-reactive ketones (excluding diaryl/α,β-unsaturated/α-hetero) is 1. The van der Waals surface area contributed by atoms with Crippen molar-refractivity contribution in [2.75, 3.05) is 13.6 Å². The number of rotatable bonds is 7. The molecular formula is C17H22N2OS. The Bertz CT molecular complexity index is 589. The molecule has 0 aliphatic rings. The highest BCUT2D eigenvalue weighted by atomic mass is 32.1. The molecule has 0 atom stereocenters. The summed E-state index contributed by atoms with van der Waals surface area (Å²) in [6.45, 7) is 5.29. The quantitative estimate of drug-likeness (QED) is 0.731. The van der Waals surface area contributed by atoms with Crippen LogP contribution in [0.4, 0.5) is 0 Å². The number of hydrogen-bond acceptors (Lipinski definition) is 4. The van der Waals surface area contributed by atoms with E-state index in [1.54, 1.807) is 11.3 Å². The lowest BCUT2D eigenvalue weighted by atomic mass is 10.1. The molecule has 4 heteroatoms. The molecule has 0 N–H and O–H groups in total. The average Bonchev–Trinajstić information content (AvgIpc) is 2.85. The lowest BCUT2D eigenvalue weighted by molar-refractivity contribution is 0.0942. The Balaban J connectivity index is 1.90. The Morgan fingerprint density at radius 2 is 2.00 bits per heavy atom. The first-order valence-corrected chi connectivity index (χ1v) is 8.18. The van der Waals surface area contributed by atoms with Crippen LogP contribution < -0.4 is 0 Å². The standard InChI is InChI=1S/C17H22N2OS/c1-4-5-14-6-8-15(9-7-14)17(20)11-19(3)10-16-12-21-13(2)18-16/h6-9,12H,4-5,10-11H2,1-3H3. The number of nitrogens with zero attached hydrogens (tertiary/aromatic N) is 2. The van der Waals surface area contributed by atoms with Gasteiger partial charge in [0, 0.05) is 17.5 Å². The van der Waals surface area contributed by atoms with Gasteiger partial charge in [-0.3, -0.25) is 9.69 Å². The number of hydrogen-bond donors (Lipinski definition) is 0. The summed E-state index contributed by atoms with van der Waals surface area (Å²) < 4.78 is 0. The van der Waals surface area contributed by atoms with Crippen LogP contribution in [0.5, 0.6) is 0 Å². The van der Waals surface area contributed by atoms with E-state index in [1.807, 2.05) is 31.0 Å². The molecule has 2 rings (SSSR count). The summed E-state index contributed by atoms with van der Waals surface area (Å²) in [7, 11) is 1.96. The summed E-state index contributed by atoms with van der Waals surface area (Å²) in [5.41, 5.74) is 3.11. The van der Waals surface area contributed by atoms with Gasteiger partial charge >= 0.3 is 0 Å². The Morgan fingerprint density at radius 3 is 2.57 bits per heavy atom. The SMILES string of the molecule is CCCc1ccc(C(=O)CN(C)Cc2csc(C)n2)cc1. The zero-order chi connectivity index (χ0) is 15.2. The third-order valence-electron chi connectivity index (χ3n) is 3.33. The van der Waals surface area contributed by atoms with Gasteiger partial charge in [0.1, 0.15) is 0 Å². The van der Waals surface area contributed by atoms with E-state index in [-0.39, 0.29) is 5.78 Å². The molecule has 0 spiro atoms. The van der Waals surface area contributed by atoms with E-state index in [1.165, 1.54) is 5.56 Å². The molecule has 3 nitrogen and oxygen atoms in total. The normalized spacial score (nSPS) is 11.0. The Morgan fingerprint density at radius 1 is 1.29 bits per heavy atom. The molecule has 0 aliphatic heterocycles. The minimum Gasteiger partial charge on any atom is -0.293 e. The van der Waals surface area contributed by atoms with Crippen molar-refractivity contribution in [2.45, 2.75) is 33.2 Å². The highest BCUT2D eigenvalue weighted by Gasteiger charge is 2.11. The van der Waals surface area contributed by atoms with Crippen LogP contribution in [0.1, 0.15) is 40.0 Å². The van der Waals surface area contributed by atoms with Gasteiger partial charge in [0.15, 0.2) is 5.78 Å². The number of carbonyl (C=O) groups excluding carboxylic acids is 1. The zero-order valence-corrected chi connectivity index (χ0v) is 13.7. The van der Waals surface area contributed by atoms with Gasteiger partial charge < -0.3 is 0 Å². The molecular weight excluding hydrogens is 280 g/mol. The lowest BCUT2D eigenvalue weighted by Crippen LogP contribution is -2.25. The van der Waals surface area contributed by atoms with Crippen LogP contribution in [0.25, 0.3) is 0 Å². The predicted octanol–water partition coefficient (Wildman–Crippen LogP) is 3.72. The number of carbonyl (C=O) groups is 1. The molecule has 0 radical (unpaired) electrons. The fraction of sp³-hybridized carbons (Fsp3) is 0.412. The van der Waals surface area contributed by atoms with Gasteiger partial charge in [-0.1, -0.05) is 37.6 Å². The Kier molecular flexibility index (Phi) is 5.65. The maximum atomic E-state index is 12.3. The van der Waals surface area contributed by atoms with Crippen molar-refractivity contribution in [3.63, 3.8) is 0 Å². The average molecular weight is 302 g/mol. The van der Waals surface area contributed by atoms with E-state index in [9.17, 15) is 4.79 Å². The van der Waals surface area contributed by atoms with Crippen LogP contribution in [0.3, 0.4) is 0 Å². The molecule has 0 aliphatic carbocycles. The van der Waals surface area contributed by atoms with Gasteiger partial charge in [-0.15, -0.1) is 11.3 Å². The maximum absolute atomic E-state index is 12.3. The van der Waals surface area contributed by atoms with Crippen LogP contribution in [0.15, 0.2) is 29.6 Å². The second-order valence-electron chi connectivity index (χ2n) is 5.40. The summed E-state index contributed by atoms with van der Waals surface area (Å²) in [5, 5.41) is 3.12. The number of benzene rings is 1. The van der Waals surface area contributed by atoms with Crippen molar-refractivity contribution in [3.8, 4) is 0 Å². The molecule has 1 heterocycles. The molecule has 0 bridgehead atoms. The second-order valence-corrected chi connectivity index (χ2v) is 6.46. The van der Waals surface area contributed by atoms with Crippen LogP contribution in [0.2, 0.25) is 0 Å². The largest absolute Gasteiger partial charge is 0.293 e. The fourth-order valence-corrected chi connectivity index (χ4v) is 2.90. The summed E-state index contributed by atoms with van der Waals surface area (Å²) >= 11 is 1.65. The number of thiazole rings is 1. The van der Waals surface area contributed by atoms with Gasteiger partial charge in [-0.05, 0) is 26.0 Å². The van der Waals surface area contributed by atoms with Crippen molar-refractivity contribution in [3.05, 3.63) is 51.5 Å². The van der Waals surface area contributed by atoms with Crippen molar-refractivity contribution in [1.82, 2.24) is 9.88 Å². The molecule has 0 fully saturated rings. The second kappa shape index (κ2) is 7.48. The van der Waals surface area contributed by atoms with Gasteiger partial charge in [0.25, 0.3) is 0 Å². The van der Waals surface area contributed by atoms with Crippen molar-refractivity contribution in [1.29, 1.82) is 0 Å². The first-order chi connectivity index (χ1) is 10.1. The minimum atomic E-state index is 0.160. The first-order valence-electron chi connectivity index (χ1n) is 7.30. The number of aromatic nitrogens is 1. The van der Waals surface area contributed by atoms with Gasteiger partial charge in [-0.2, -0.15) is 0 Å². The van der Waals surface area contributed by atoms with E-state index in [4.69, 9.17) is 0 Å². The van der Waals surface area contributed by atoms with Crippen molar-refractivity contribution in [2.24, 2.45) is 0 Å². The van der Waals surface area contributed by atoms with Gasteiger partial charge in [-0.25, -0.2) is 4.98 Å². The number of aryl methyl sites for hydroxylation is 2. The van der Waals surface area contributed by atoms with E-state index < -0.39 is 0 Å². The van der Waals surface area contributed by atoms with Crippen molar-refractivity contribution >= 4 is 17.1 Å². The highest BCUT2D eigenvalue weighted by molar-refractivity contribution is 7.09. The van der Waals surface area contributed by atoms with Crippen LogP contribution in [0, 0.1) is 6.92 Å². The van der Waals surface area contributed by atoms with Crippen LogP contribution in [-0.2, 0) is 13.0 Å².